The molecule has 7 nitrogen and oxygen atoms in total. The average molecular weight is 300 g/mol. The van der Waals surface area contributed by atoms with Crippen LogP contribution in [-0.4, -0.2) is 69.4 Å². The minimum Gasteiger partial charge on any atom is -0.497 e. The molecule has 7 heteroatoms. The molecule has 0 spiro atoms. The molecule has 1 rings (SSSR count). The van der Waals surface area contributed by atoms with Crippen molar-refractivity contribution in [1.82, 2.24) is 0 Å². The number of aliphatic hydroxyl groups is 5. The number of ether oxygens (including phenoxy) is 1. The maximum Gasteiger partial charge on any atom is 0.168 e. The minimum atomic E-state index is -1.88. The molecule has 5 N–H and O–H groups in total. The molecule has 0 unspecified atom stereocenters. The number of Topliss-reactive ketones (excluding diaryl/α,β-unsaturated/α-hetero) is 1. The molecule has 0 aliphatic carbocycles. The Morgan fingerprint density at radius 3 is 2.14 bits per heavy atom. The van der Waals surface area contributed by atoms with Crippen molar-refractivity contribution in [3.63, 3.8) is 0 Å². The van der Waals surface area contributed by atoms with E-state index in [-0.39, 0.29) is 6.42 Å². The number of methoxy groups -OCH3 is 1. The van der Waals surface area contributed by atoms with Gasteiger partial charge in [-0.1, -0.05) is 12.1 Å². The van der Waals surface area contributed by atoms with E-state index < -0.39 is 36.8 Å². The van der Waals surface area contributed by atoms with E-state index in [0.29, 0.717) is 11.3 Å². The monoisotopic (exact) mass is 300 g/mol. The lowest BCUT2D eigenvalue weighted by molar-refractivity contribution is -0.146. The molecule has 0 fully saturated rings. The van der Waals surface area contributed by atoms with Crippen LogP contribution in [0.4, 0.5) is 0 Å². The highest BCUT2D eigenvalue weighted by atomic mass is 16.5. The highest BCUT2D eigenvalue weighted by Crippen LogP contribution is 2.14. The standard InChI is InChI=1S/C14H20O7/c1-21-9-4-2-8(3-5-9)6-10(16)12(18)14(20)13(19)11(17)7-15/h2-5,11-15,17-20H,6-7H2,1H3/t11-,12+,13-,14-/m1/s1. The largest absolute Gasteiger partial charge is 0.497 e. The van der Waals surface area contributed by atoms with E-state index in [1.807, 2.05) is 0 Å². The van der Waals surface area contributed by atoms with Crippen molar-refractivity contribution in [1.29, 1.82) is 0 Å². The molecule has 1 aromatic carbocycles. The molecule has 0 amide bonds. The summed E-state index contributed by atoms with van der Waals surface area (Å²) in [6.07, 6.45) is -7.33. The van der Waals surface area contributed by atoms with Gasteiger partial charge in [0.2, 0.25) is 0 Å². The van der Waals surface area contributed by atoms with Crippen LogP contribution in [0.2, 0.25) is 0 Å². The van der Waals surface area contributed by atoms with E-state index in [9.17, 15) is 25.2 Å². The molecule has 118 valence electrons. The van der Waals surface area contributed by atoms with Crippen LogP contribution in [0, 0.1) is 0 Å². The van der Waals surface area contributed by atoms with E-state index in [2.05, 4.69) is 0 Å². The number of hydrogen-bond donors (Lipinski definition) is 5. The second-order valence-electron chi connectivity index (χ2n) is 4.67. The second kappa shape index (κ2) is 8.06. The van der Waals surface area contributed by atoms with Gasteiger partial charge in [0, 0.05) is 6.42 Å². The third-order valence-corrected chi connectivity index (χ3v) is 3.12. The molecule has 0 heterocycles. The van der Waals surface area contributed by atoms with Crippen LogP contribution in [0.5, 0.6) is 5.75 Å². The Labute approximate surface area is 122 Å². The van der Waals surface area contributed by atoms with Gasteiger partial charge < -0.3 is 30.3 Å². The minimum absolute atomic E-state index is 0.149. The third kappa shape index (κ3) is 4.76. The Morgan fingerprint density at radius 2 is 1.67 bits per heavy atom. The van der Waals surface area contributed by atoms with Crippen molar-refractivity contribution in [2.24, 2.45) is 0 Å². The summed E-state index contributed by atoms with van der Waals surface area (Å²) in [5, 5.41) is 46.6. The van der Waals surface area contributed by atoms with Crippen molar-refractivity contribution >= 4 is 5.78 Å². The van der Waals surface area contributed by atoms with Crippen LogP contribution in [0.1, 0.15) is 5.56 Å². The summed E-state index contributed by atoms with van der Waals surface area (Å²) in [7, 11) is 1.51. The van der Waals surface area contributed by atoms with Crippen molar-refractivity contribution in [2.45, 2.75) is 30.8 Å². The van der Waals surface area contributed by atoms with Crippen LogP contribution in [0.15, 0.2) is 24.3 Å². The molecule has 0 radical (unpaired) electrons. The molecule has 21 heavy (non-hydrogen) atoms. The Bertz CT molecular complexity index is 445. The number of carbonyl (C=O) groups is 1. The molecular formula is C14H20O7. The molecule has 0 aromatic heterocycles. The van der Waals surface area contributed by atoms with E-state index in [0.717, 1.165) is 0 Å². The zero-order chi connectivity index (χ0) is 16.0. The molecular weight excluding hydrogens is 280 g/mol. The number of carbonyl (C=O) groups excluding carboxylic acids is 1. The summed E-state index contributed by atoms with van der Waals surface area (Å²) in [4.78, 5) is 11.8. The summed E-state index contributed by atoms with van der Waals surface area (Å²) < 4.78 is 4.97. The predicted octanol–water partition coefficient (Wildman–Crippen LogP) is -1.76. The third-order valence-electron chi connectivity index (χ3n) is 3.12. The fourth-order valence-electron chi connectivity index (χ4n) is 1.76. The second-order valence-corrected chi connectivity index (χ2v) is 4.67. The van der Waals surface area contributed by atoms with Gasteiger partial charge in [0.15, 0.2) is 5.78 Å². The average Bonchev–Trinajstić information content (AvgIpc) is 2.52. The van der Waals surface area contributed by atoms with Gasteiger partial charge in [-0.05, 0) is 17.7 Å². The first-order chi connectivity index (χ1) is 9.90. The molecule has 4 atom stereocenters. The zero-order valence-corrected chi connectivity index (χ0v) is 11.6. The SMILES string of the molecule is COc1ccc(CC(=O)[C@H](O)[C@@H](O)[C@H](O)[C@H](O)CO)cc1. The van der Waals surface area contributed by atoms with Crippen molar-refractivity contribution < 1.29 is 35.1 Å². The topological polar surface area (TPSA) is 127 Å². The first-order valence-corrected chi connectivity index (χ1v) is 6.39. The summed E-state index contributed by atoms with van der Waals surface area (Å²) in [5.41, 5.74) is 0.601. The molecule has 0 aliphatic rings. The van der Waals surface area contributed by atoms with Gasteiger partial charge in [-0.2, -0.15) is 0 Å². The van der Waals surface area contributed by atoms with Gasteiger partial charge >= 0.3 is 0 Å². The highest BCUT2D eigenvalue weighted by Gasteiger charge is 2.33. The number of rotatable bonds is 8. The Morgan fingerprint density at radius 1 is 1.10 bits per heavy atom. The van der Waals surface area contributed by atoms with Gasteiger partial charge in [-0.25, -0.2) is 0 Å². The lowest BCUT2D eigenvalue weighted by Gasteiger charge is -2.24. The quantitative estimate of drug-likeness (QED) is 0.385. The van der Waals surface area contributed by atoms with Gasteiger partial charge in [-0.3, -0.25) is 4.79 Å². The van der Waals surface area contributed by atoms with Crippen LogP contribution in [0.3, 0.4) is 0 Å². The fraction of sp³-hybridized carbons (Fsp3) is 0.500. The van der Waals surface area contributed by atoms with Gasteiger partial charge in [-0.15, -0.1) is 0 Å². The van der Waals surface area contributed by atoms with Gasteiger partial charge in [0.25, 0.3) is 0 Å². The Hall–Kier alpha value is -1.51. The van der Waals surface area contributed by atoms with E-state index in [1.165, 1.54) is 7.11 Å². The number of ketones is 1. The maximum atomic E-state index is 11.8. The lowest BCUT2D eigenvalue weighted by atomic mass is 9.97. The molecule has 0 saturated heterocycles. The predicted molar refractivity (Wildman–Crippen MR) is 72.8 cm³/mol. The van der Waals surface area contributed by atoms with Gasteiger partial charge in [0.1, 0.15) is 30.2 Å². The Balaban J connectivity index is 2.64. The maximum absolute atomic E-state index is 11.8. The van der Waals surface area contributed by atoms with Crippen LogP contribution < -0.4 is 4.74 Å². The summed E-state index contributed by atoms with van der Waals surface area (Å²) in [5.74, 6) is -0.0925. The normalized spacial score (nSPS) is 16.9. The van der Waals surface area contributed by atoms with Crippen molar-refractivity contribution in [3.8, 4) is 5.75 Å². The molecule has 0 aliphatic heterocycles. The molecule has 0 saturated carbocycles. The number of aliphatic hydroxyl groups excluding tert-OH is 5. The van der Waals surface area contributed by atoms with Crippen molar-refractivity contribution in [2.75, 3.05) is 13.7 Å². The van der Waals surface area contributed by atoms with E-state index in [4.69, 9.17) is 9.84 Å². The Kier molecular flexibility index (Phi) is 6.73. The summed E-state index contributed by atoms with van der Waals surface area (Å²) >= 11 is 0. The van der Waals surface area contributed by atoms with Crippen molar-refractivity contribution in [3.05, 3.63) is 29.8 Å². The molecule has 1 aromatic rings. The van der Waals surface area contributed by atoms with E-state index in [1.54, 1.807) is 24.3 Å². The number of hydrogen-bond acceptors (Lipinski definition) is 7. The zero-order valence-electron chi connectivity index (χ0n) is 11.6. The summed E-state index contributed by atoms with van der Waals surface area (Å²) in [6.45, 7) is -0.794. The first kappa shape index (κ1) is 17.5. The van der Waals surface area contributed by atoms with Crippen LogP contribution in [-0.2, 0) is 11.2 Å². The van der Waals surface area contributed by atoms with Crippen LogP contribution in [0.25, 0.3) is 0 Å². The fourth-order valence-corrected chi connectivity index (χ4v) is 1.76. The summed E-state index contributed by atoms with van der Waals surface area (Å²) in [6, 6.07) is 6.56. The first-order valence-electron chi connectivity index (χ1n) is 6.39. The smallest absolute Gasteiger partial charge is 0.168 e. The lowest BCUT2D eigenvalue weighted by Crippen LogP contribution is -2.49. The highest BCUT2D eigenvalue weighted by molar-refractivity contribution is 5.85. The van der Waals surface area contributed by atoms with Crippen LogP contribution >= 0.6 is 0 Å². The molecule has 0 bridgehead atoms. The van der Waals surface area contributed by atoms with Gasteiger partial charge in [0.05, 0.1) is 13.7 Å². The van der Waals surface area contributed by atoms with E-state index >= 15 is 0 Å². The number of benzene rings is 1.